The van der Waals surface area contributed by atoms with Gasteiger partial charge < -0.3 is 9.84 Å². The van der Waals surface area contributed by atoms with Crippen LogP contribution in [0, 0.1) is 0 Å². The number of aromatic amines is 1. The van der Waals surface area contributed by atoms with Crippen LogP contribution in [0.5, 0.6) is 0 Å². The minimum absolute atomic E-state index is 0.0470. The highest BCUT2D eigenvalue weighted by Crippen LogP contribution is 2.26. The van der Waals surface area contributed by atoms with Gasteiger partial charge in [-0.15, -0.1) is 0 Å². The molecule has 1 saturated heterocycles. The van der Waals surface area contributed by atoms with Crippen molar-refractivity contribution >= 4 is 11.4 Å². The summed E-state index contributed by atoms with van der Waals surface area (Å²) in [5.74, 6) is 0. The molecule has 2 heterocycles. The summed E-state index contributed by atoms with van der Waals surface area (Å²) in [7, 11) is 1.15. The highest BCUT2D eigenvalue weighted by atomic mass is 32.2. The van der Waals surface area contributed by atoms with Gasteiger partial charge in [0, 0.05) is 12.3 Å². The lowest BCUT2D eigenvalue weighted by Crippen LogP contribution is -2.31. The van der Waals surface area contributed by atoms with Gasteiger partial charge in [0.05, 0.1) is 19.8 Å². The van der Waals surface area contributed by atoms with E-state index in [4.69, 9.17) is 14.4 Å². The van der Waals surface area contributed by atoms with Gasteiger partial charge in [-0.25, -0.2) is 4.79 Å². The zero-order valence-electron chi connectivity index (χ0n) is 10.7. The van der Waals surface area contributed by atoms with E-state index in [1.165, 1.54) is 16.8 Å². The van der Waals surface area contributed by atoms with Crippen molar-refractivity contribution in [3.05, 3.63) is 33.1 Å². The smallest absolute Gasteiger partial charge is 0.330 e. The molecule has 1 aliphatic rings. The van der Waals surface area contributed by atoms with E-state index in [9.17, 15) is 13.8 Å². The van der Waals surface area contributed by atoms with Crippen LogP contribution in [0.2, 0.25) is 0 Å². The molecular weight excluding hydrogens is 292 g/mol. The Morgan fingerprint density at radius 3 is 2.65 bits per heavy atom. The molecule has 0 saturated carbocycles. The summed E-state index contributed by atoms with van der Waals surface area (Å²) in [4.78, 5) is 24.4. The van der Waals surface area contributed by atoms with Gasteiger partial charge in [-0.2, -0.15) is 4.21 Å². The lowest BCUT2D eigenvalue weighted by Gasteiger charge is -2.13. The third-order valence-corrected chi connectivity index (χ3v) is 2.88. The summed E-state index contributed by atoms with van der Waals surface area (Å²) in [5, 5.41) is 8.87. The molecule has 0 radical (unpaired) electrons. The molecule has 2 rings (SSSR count). The van der Waals surface area contributed by atoms with Crippen LogP contribution in [-0.2, 0) is 20.3 Å². The van der Waals surface area contributed by atoms with E-state index >= 15 is 0 Å². The molecule has 3 atom stereocenters. The number of aliphatic hydroxyl groups is 1. The van der Waals surface area contributed by atoms with Crippen molar-refractivity contribution < 1.29 is 22.8 Å². The minimum atomic E-state index is -2.07. The largest absolute Gasteiger partial charge is 0.394 e. The summed E-state index contributed by atoms with van der Waals surface area (Å²) in [6, 6.07) is 1.27. The first kappa shape index (κ1) is 16.7. The van der Waals surface area contributed by atoms with Crippen LogP contribution in [0.4, 0.5) is 0 Å². The Labute approximate surface area is 116 Å². The van der Waals surface area contributed by atoms with Crippen molar-refractivity contribution in [1.82, 2.24) is 9.55 Å². The van der Waals surface area contributed by atoms with E-state index in [0.29, 0.717) is 12.8 Å². The number of hydrogen-bond acceptors (Lipinski definition) is 6. The number of H-pyrrole nitrogens is 1. The normalized spacial score (nSPS) is 22.9. The SMILES string of the molecule is COS(=O)O.O=c1ccn(C2CCC(CO)O2)c(=O)[nH]1. The van der Waals surface area contributed by atoms with Crippen LogP contribution < -0.4 is 11.2 Å². The monoisotopic (exact) mass is 308 g/mol. The van der Waals surface area contributed by atoms with Crippen molar-refractivity contribution in [2.24, 2.45) is 0 Å². The average molecular weight is 308 g/mol. The summed E-state index contributed by atoms with van der Waals surface area (Å²) in [5.41, 5.74) is -0.904. The maximum atomic E-state index is 11.4. The molecule has 0 bridgehead atoms. The van der Waals surface area contributed by atoms with Crippen molar-refractivity contribution in [2.45, 2.75) is 25.2 Å². The predicted octanol–water partition coefficient (Wildman–Crippen LogP) is -1.02. The van der Waals surface area contributed by atoms with Gasteiger partial charge >= 0.3 is 17.1 Å². The number of nitrogens with zero attached hydrogens (tertiary/aromatic N) is 1. The Hall–Kier alpha value is -1.33. The molecule has 1 fully saturated rings. The van der Waals surface area contributed by atoms with Crippen LogP contribution in [0.1, 0.15) is 19.1 Å². The molecule has 20 heavy (non-hydrogen) atoms. The molecule has 1 aliphatic heterocycles. The van der Waals surface area contributed by atoms with Crippen LogP contribution in [0.25, 0.3) is 0 Å². The van der Waals surface area contributed by atoms with Gasteiger partial charge in [-0.3, -0.25) is 23.1 Å². The molecular formula is C10H16N2O7S. The number of ether oxygens (including phenoxy) is 1. The maximum absolute atomic E-state index is 11.4. The summed E-state index contributed by atoms with van der Waals surface area (Å²) in [6.45, 7) is -0.0470. The Morgan fingerprint density at radius 2 is 2.20 bits per heavy atom. The van der Waals surface area contributed by atoms with Gasteiger partial charge in [0.2, 0.25) is 0 Å². The van der Waals surface area contributed by atoms with Gasteiger partial charge in [-0.05, 0) is 12.8 Å². The molecule has 114 valence electrons. The third-order valence-electron chi connectivity index (χ3n) is 2.59. The fraction of sp³-hybridized carbons (Fsp3) is 0.600. The highest BCUT2D eigenvalue weighted by Gasteiger charge is 2.26. The van der Waals surface area contributed by atoms with Crippen LogP contribution in [0.15, 0.2) is 21.9 Å². The Morgan fingerprint density at radius 1 is 1.55 bits per heavy atom. The predicted molar refractivity (Wildman–Crippen MR) is 69.3 cm³/mol. The van der Waals surface area contributed by atoms with E-state index < -0.39 is 22.6 Å². The number of aromatic nitrogens is 2. The standard InChI is InChI=1S/C9H12N2O4.CH4O3S/c12-5-6-1-2-8(15-6)11-4-3-7(13)10-9(11)14;1-4-5(2)3/h3-4,6,8,12H,1-2,5H2,(H,10,13,14);1H3,(H,2,3). The van der Waals surface area contributed by atoms with Gasteiger partial charge in [0.15, 0.2) is 0 Å². The lowest BCUT2D eigenvalue weighted by molar-refractivity contribution is -0.0246. The van der Waals surface area contributed by atoms with E-state index in [2.05, 4.69) is 9.17 Å². The van der Waals surface area contributed by atoms with E-state index in [0.717, 1.165) is 7.11 Å². The summed E-state index contributed by atoms with van der Waals surface area (Å²) < 4.78 is 27.4. The van der Waals surface area contributed by atoms with Crippen molar-refractivity contribution in [2.75, 3.05) is 13.7 Å². The molecule has 3 unspecified atom stereocenters. The zero-order chi connectivity index (χ0) is 15.1. The Kier molecular flexibility index (Phi) is 6.75. The van der Waals surface area contributed by atoms with Crippen LogP contribution >= 0.6 is 0 Å². The molecule has 0 aromatic carbocycles. The van der Waals surface area contributed by atoms with E-state index in [1.54, 1.807) is 0 Å². The lowest BCUT2D eigenvalue weighted by atomic mass is 10.2. The first-order chi connectivity index (χ1) is 9.47. The van der Waals surface area contributed by atoms with Crippen molar-refractivity contribution in [3.63, 3.8) is 0 Å². The summed E-state index contributed by atoms with van der Waals surface area (Å²) >= 11 is -2.07. The molecule has 1 aromatic rings. The molecule has 0 amide bonds. The van der Waals surface area contributed by atoms with Crippen molar-refractivity contribution in [3.8, 4) is 0 Å². The van der Waals surface area contributed by atoms with Crippen LogP contribution in [0.3, 0.4) is 0 Å². The molecule has 10 heteroatoms. The van der Waals surface area contributed by atoms with Crippen molar-refractivity contribution in [1.29, 1.82) is 0 Å². The minimum Gasteiger partial charge on any atom is -0.394 e. The molecule has 9 nitrogen and oxygen atoms in total. The van der Waals surface area contributed by atoms with Gasteiger partial charge in [0.25, 0.3) is 5.56 Å². The number of hydrogen-bond donors (Lipinski definition) is 3. The van der Waals surface area contributed by atoms with E-state index in [1.807, 2.05) is 0 Å². The molecule has 3 N–H and O–H groups in total. The Balaban J connectivity index is 0.000000347. The third kappa shape index (κ3) is 4.98. The number of rotatable bonds is 3. The van der Waals surface area contributed by atoms with Gasteiger partial charge in [-0.1, -0.05) is 0 Å². The highest BCUT2D eigenvalue weighted by molar-refractivity contribution is 7.74. The number of aliphatic hydroxyl groups excluding tert-OH is 1. The van der Waals surface area contributed by atoms with Crippen LogP contribution in [-0.4, -0.2) is 43.2 Å². The fourth-order valence-corrected chi connectivity index (χ4v) is 1.68. The first-order valence-corrected chi connectivity index (χ1v) is 6.74. The Bertz CT molecular complexity index is 555. The topological polar surface area (TPSA) is 131 Å². The fourth-order valence-electron chi connectivity index (χ4n) is 1.68. The maximum Gasteiger partial charge on any atom is 0.330 e. The second-order valence-electron chi connectivity index (χ2n) is 3.87. The number of nitrogens with one attached hydrogen (secondary N) is 1. The zero-order valence-corrected chi connectivity index (χ0v) is 11.5. The summed E-state index contributed by atoms with van der Waals surface area (Å²) in [6.07, 6.45) is 2.19. The molecule has 0 aliphatic carbocycles. The second kappa shape index (κ2) is 8.07. The van der Waals surface area contributed by atoms with Gasteiger partial charge in [0.1, 0.15) is 6.23 Å². The average Bonchev–Trinajstić information content (AvgIpc) is 2.88. The van der Waals surface area contributed by atoms with E-state index in [-0.39, 0.29) is 18.9 Å². The second-order valence-corrected chi connectivity index (χ2v) is 4.64. The first-order valence-electron chi connectivity index (χ1n) is 5.71. The molecule has 0 spiro atoms. The molecule has 1 aromatic heterocycles. The quantitative estimate of drug-likeness (QED) is 0.609.